The molecule has 0 atom stereocenters. The van der Waals surface area contributed by atoms with Crippen LogP contribution in [0.4, 0.5) is 0 Å². The van der Waals surface area contributed by atoms with E-state index in [-0.39, 0.29) is 30.1 Å². The van der Waals surface area contributed by atoms with Gasteiger partial charge in [0.1, 0.15) is 0 Å². The molecule has 0 saturated carbocycles. The van der Waals surface area contributed by atoms with Gasteiger partial charge in [-0.25, -0.2) is 13.1 Å². The second kappa shape index (κ2) is 7.74. The zero-order valence-corrected chi connectivity index (χ0v) is 12.6. The Balaban J connectivity index is 4.42. The molecule has 0 amide bonds. The Hall–Kier alpha value is -0.620. The molecule has 0 fully saturated rings. The van der Waals surface area contributed by atoms with Crippen molar-refractivity contribution in [2.45, 2.75) is 58.4 Å². The molecule has 0 saturated heterocycles. The number of sulfonamides is 1. The summed E-state index contributed by atoms with van der Waals surface area (Å²) < 4.78 is 31.1. The van der Waals surface area contributed by atoms with E-state index in [2.05, 4.69) is 9.46 Å². The van der Waals surface area contributed by atoms with Crippen LogP contribution in [0.5, 0.6) is 0 Å². The van der Waals surface area contributed by atoms with Crippen molar-refractivity contribution >= 4 is 16.0 Å². The van der Waals surface area contributed by atoms with Crippen LogP contribution in [-0.2, 0) is 19.6 Å². The summed E-state index contributed by atoms with van der Waals surface area (Å²) in [5, 5.41) is 0. The van der Waals surface area contributed by atoms with E-state index in [1.165, 1.54) is 7.11 Å². The summed E-state index contributed by atoms with van der Waals surface area (Å²) in [6, 6.07) is 0. The molecule has 0 aliphatic rings. The molecule has 0 aromatic heterocycles. The van der Waals surface area contributed by atoms with Crippen molar-refractivity contribution in [2.75, 3.05) is 12.9 Å². The van der Waals surface area contributed by atoms with Gasteiger partial charge in [-0.05, 0) is 25.7 Å². The summed E-state index contributed by atoms with van der Waals surface area (Å²) in [4.78, 5) is 10.9. The topological polar surface area (TPSA) is 72.5 Å². The molecule has 5 nitrogen and oxygen atoms in total. The summed E-state index contributed by atoms with van der Waals surface area (Å²) in [6.07, 6.45) is 2.70. The Morgan fingerprint density at radius 2 is 1.67 bits per heavy atom. The van der Waals surface area contributed by atoms with Crippen LogP contribution in [0.1, 0.15) is 52.9 Å². The van der Waals surface area contributed by atoms with Gasteiger partial charge < -0.3 is 4.74 Å². The first-order chi connectivity index (χ1) is 8.34. The average molecular weight is 279 g/mol. The molecule has 1 N–H and O–H groups in total. The third kappa shape index (κ3) is 5.82. The Morgan fingerprint density at radius 1 is 1.17 bits per heavy atom. The molecule has 0 heterocycles. The minimum absolute atomic E-state index is 0.0378. The smallest absolute Gasteiger partial charge is 0.305 e. The molecule has 0 spiro atoms. The minimum Gasteiger partial charge on any atom is -0.469 e. The molecule has 6 heteroatoms. The first-order valence-electron chi connectivity index (χ1n) is 6.43. The van der Waals surface area contributed by atoms with E-state index in [1.54, 1.807) is 0 Å². The Morgan fingerprint density at radius 3 is 2.06 bits per heavy atom. The van der Waals surface area contributed by atoms with Gasteiger partial charge in [0.05, 0.1) is 12.9 Å². The van der Waals surface area contributed by atoms with Gasteiger partial charge in [-0.15, -0.1) is 0 Å². The van der Waals surface area contributed by atoms with Gasteiger partial charge in [-0.3, -0.25) is 4.79 Å². The summed E-state index contributed by atoms with van der Waals surface area (Å²) in [6.45, 7) is 5.93. The number of esters is 1. The van der Waals surface area contributed by atoms with Crippen molar-refractivity contribution in [3.8, 4) is 0 Å². The van der Waals surface area contributed by atoms with Crippen molar-refractivity contribution < 1.29 is 17.9 Å². The highest BCUT2D eigenvalue weighted by Crippen LogP contribution is 2.20. The number of carbonyl (C=O) groups excluding carboxylic acids is 1. The van der Waals surface area contributed by atoms with Gasteiger partial charge in [-0.1, -0.05) is 20.8 Å². The summed E-state index contributed by atoms with van der Waals surface area (Å²) in [7, 11) is -2.04. The van der Waals surface area contributed by atoms with Gasteiger partial charge in [0.25, 0.3) is 0 Å². The minimum atomic E-state index is -3.34. The number of methoxy groups -OCH3 is 1. The highest BCUT2D eigenvalue weighted by molar-refractivity contribution is 7.89. The van der Waals surface area contributed by atoms with E-state index < -0.39 is 10.0 Å². The van der Waals surface area contributed by atoms with Crippen molar-refractivity contribution in [2.24, 2.45) is 0 Å². The van der Waals surface area contributed by atoms with Crippen molar-refractivity contribution in [3.05, 3.63) is 0 Å². The predicted octanol–water partition coefficient (Wildman–Crippen LogP) is 1.83. The number of nitrogens with one attached hydrogen (secondary N) is 1. The molecule has 108 valence electrons. The summed E-state index contributed by atoms with van der Waals surface area (Å²) in [5.41, 5.74) is -0.357. The van der Waals surface area contributed by atoms with E-state index in [9.17, 15) is 13.2 Å². The first-order valence-corrected chi connectivity index (χ1v) is 8.08. The lowest BCUT2D eigenvalue weighted by Gasteiger charge is -2.31. The van der Waals surface area contributed by atoms with Crippen LogP contribution in [0.3, 0.4) is 0 Å². The Labute approximate surface area is 110 Å². The van der Waals surface area contributed by atoms with E-state index >= 15 is 0 Å². The molecule has 0 radical (unpaired) electrons. The SMILES string of the molecule is CCC(CC)(CC)NS(=O)(=O)CCCC(=O)OC. The third-order valence-electron chi connectivity index (χ3n) is 3.42. The van der Waals surface area contributed by atoms with E-state index in [0.29, 0.717) is 0 Å². The molecule has 0 aromatic rings. The monoisotopic (exact) mass is 279 g/mol. The summed E-state index contributed by atoms with van der Waals surface area (Å²) >= 11 is 0. The molecule has 0 bridgehead atoms. The molecule has 0 aromatic carbocycles. The van der Waals surface area contributed by atoms with Crippen LogP contribution >= 0.6 is 0 Å². The molecular weight excluding hydrogens is 254 g/mol. The van der Waals surface area contributed by atoms with E-state index in [0.717, 1.165) is 19.3 Å². The highest BCUT2D eigenvalue weighted by atomic mass is 32.2. The number of ether oxygens (including phenoxy) is 1. The number of carbonyl (C=O) groups is 1. The fraction of sp³-hybridized carbons (Fsp3) is 0.917. The first kappa shape index (κ1) is 17.4. The maximum atomic E-state index is 11.9. The number of hydrogen-bond donors (Lipinski definition) is 1. The van der Waals surface area contributed by atoms with Gasteiger partial charge in [0.15, 0.2) is 0 Å². The van der Waals surface area contributed by atoms with Crippen LogP contribution in [0, 0.1) is 0 Å². The Bertz CT molecular complexity index is 339. The van der Waals surface area contributed by atoms with Crippen molar-refractivity contribution in [3.63, 3.8) is 0 Å². The second-order valence-electron chi connectivity index (χ2n) is 4.44. The number of hydrogen-bond acceptors (Lipinski definition) is 4. The molecule has 18 heavy (non-hydrogen) atoms. The van der Waals surface area contributed by atoms with E-state index in [4.69, 9.17) is 0 Å². The van der Waals surface area contributed by atoms with Crippen LogP contribution in [-0.4, -0.2) is 32.8 Å². The van der Waals surface area contributed by atoms with Crippen LogP contribution in [0.2, 0.25) is 0 Å². The number of rotatable bonds is 9. The summed E-state index contributed by atoms with van der Waals surface area (Å²) in [5.74, 6) is -0.415. The molecule has 0 rings (SSSR count). The van der Waals surface area contributed by atoms with E-state index in [1.807, 2.05) is 20.8 Å². The van der Waals surface area contributed by atoms with Crippen LogP contribution < -0.4 is 4.72 Å². The van der Waals surface area contributed by atoms with Crippen LogP contribution in [0.15, 0.2) is 0 Å². The van der Waals surface area contributed by atoms with Crippen molar-refractivity contribution in [1.82, 2.24) is 4.72 Å². The predicted molar refractivity (Wildman–Crippen MR) is 71.8 cm³/mol. The quantitative estimate of drug-likeness (QED) is 0.654. The van der Waals surface area contributed by atoms with Gasteiger partial charge in [0, 0.05) is 12.0 Å². The average Bonchev–Trinajstić information content (AvgIpc) is 2.35. The third-order valence-corrected chi connectivity index (χ3v) is 4.99. The standard InChI is InChI=1S/C12H25NO4S/c1-5-12(6-2,7-3)13-18(15,16)10-8-9-11(14)17-4/h13H,5-10H2,1-4H3. The fourth-order valence-electron chi connectivity index (χ4n) is 1.86. The fourth-order valence-corrected chi connectivity index (χ4v) is 3.58. The highest BCUT2D eigenvalue weighted by Gasteiger charge is 2.29. The Kier molecular flexibility index (Phi) is 7.47. The lowest BCUT2D eigenvalue weighted by atomic mass is 9.91. The molecule has 0 unspecified atom stereocenters. The largest absolute Gasteiger partial charge is 0.469 e. The van der Waals surface area contributed by atoms with Gasteiger partial charge >= 0.3 is 5.97 Å². The maximum absolute atomic E-state index is 11.9. The lowest BCUT2D eigenvalue weighted by molar-refractivity contribution is -0.140. The maximum Gasteiger partial charge on any atom is 0.305 e. The van der Waals surface area contributed by atoms with Gasteiger partial charge in [-0.2, -0.15) is 0 Å². The molecule has 0 aliphatic heterocycles. The van der Waals surface area contributed by atoms with Crippen molar-refractivity contribution in [1.29, 1.82) is 0 Å². The molecular formula is C12H25NO4S. The zero-order chi connectivity index (χ0) is 14.2. The molecule has 0 aliphatic carbocycles. The van der Waals surface area contributed by atoms with Crippen LogP contribution in [0.25, 0.3) is 0 Å². The normalized spacial score (nSPS) is 12.4. The zero-order valence-electron chi connectivity index (χ0n) is 11.8. The lowest BCUT2D eigenvalue weighted by Crippen LogP contribution is -2.47. The second-order valence-corrected chi connectivity index (χ2v) is 6.28. The van der Waals surface area contributed by atoms with Gasteiger partial charge in [0.2, 0.25) is 10.0 Å².